The minimum atomic E-state index is -0.349. The third kappa shape index (κ3) is 4.36. The van der Waals surface area contributed by atoms with Gasteiger partial charge in [0.1, 0.15) is 0 Å². The highest BCUT2D eigenvalue weighted by Crippen LogP contribution is 2.43. The van der Waals surface area contributed by atoms with Gasteiger partial charge in [0, 0.05) is 8.04 Å². The molecule has 1 heterocycles. The van der Waals surface area contributed by atoms with Crippen LogP contribution in [0.3, 0.4) is 0 Å². The van der Waals surface area contributed by atoms with Gasteiger partial charge in [-0.15, -0.1) is 0 Å². The van der Waals surface area contributed by atoms with Gasteiger partial charge in [-0.2, -0.15) is 0 Å². The van der Waals surface area contributed by atoms with Gasteiger partial charge in [0.05, 0.1) is 23.0 Å². The summed E-state index contributed by atoms with van der Waals surface area (Å²) >= 11 is 9.76. The van der Waals surface area contributed by atoms with Gasteiger partial charge in [0.2, 0.25) is 0 Å². The molecule has 27 heavy (non-hydrogen) atoms. The van der Waals surface area contributed by atoms with Crippen LogP contribution in [0.5, 0.6) is 11.5 Å². The van der Waals surface area contributed by atoms with Crippen LogP contribution in [-0.2, 0) is 11.3 Å². The summed E-state index contributed by atoms with van der Waals surface area (Å²) in [6, 6.07) is 9.25. The second-order valence-electron chi connectivity index (χ2n) is 5.54. The predicted molar refractivity (Wildman–Crippen MR) is 121 cm³/mol. The standard InChI is InChI=1S/C18H12Br2INO4S/c1-26-12-6-10(14(19)15(20)16(12)23)7-13-17(24)22(18(25)27-13)8-9-2-4-11(21)5-3-9/h2-7,23H,8H2,1H3/b13-7-. The van der Waals surface area contributed by atoms with E-state index in [1.54, 1.807) is 12.1 Å². The van der Waals surface area contributed by atoms with Crippen molar-refractivity contribution in [2.45, 2.75) is 6.54 Å². The fourth-order valence-electron chi connectivity index (χ4n) is 2.42. The summed E-state index contributed by atoms with van der Waals surface area (Å²) in [5.74, 6) is -0.138. The van der Waals surface area contributed by atoms with Crippen molar-refractivity contribution in [1.29, 1.82) is 0 Å². The summed E-state index contributed by atoms with van der Waals surface area (Å²) in [4.78, 5) is 26.6. The normalized spacial score (nSPS) is 15.7. The number of aromatic hydroxyl groups is 1. The molecule has 1 saturated heterocycles. The summed E-state index contributed by atoms with van der Waals surface area (Å²) in [7, 11) is 1.44. The molecule has 0 aromatic heterocycles. The number of halogens is 3. The van der Waals surface area contributed by atoms with Crippen LogP contribution < -0.4 is 4.74 Å². The van der Waals surface area contributed by atoms with Crippen molar-refractivity contribution in [2.24, 2.45) is 0 Å². The Morgan fingerprint density at radius 2 is 1.89 bits per heavy atom. The Kier molecular flexibility index (Phi) is 6.54. The number of carbonyl (C=O) groups is 2. The van der Waals surface area contributed by atoms with Crippen LogP contribution in [0.15, 0.2) is 44.2 Å². The van der Waals surface area contributed by atoms with Crippen LogP contribution in [0.4, 0.5) is 4.79 Å². The van der Waals surface area contributed by atoms with Crippen molar-refractivity contribution in [2.75, 3.05) is 7.11 Å². The predicted octanol–water partition coefficient (Wildman–Crippen LogP) is 5.77. The number of rotatable bonds is 4. The number of carbonyl (C=O) groups excluding carboxylic acids is 2. The highest BCUT2D eigenvalue weighted by molar-refractivity contribution is 14.1. The lowest BCUT2D eigenvalue weighted by Gasteiger charge is -2.12. The Hall–Kier alpha value is -1.04. The number of hydrogen-bond acceptors (Lipinski definition) is 5. The number of benzene rings is 2. The summed E-state index contributed by atoms with van der Waals surface area (Å²) in [6.45, 7) is 0.225. The quantitative estimate of drug-likeness (QED) is 0.346. The van der Waals surface area contributed by atoms with Gasteiger partial charge in [-0.1, -0.05) is 12.1 Å². The molecule has 0 unspecified atom stereocenters. The number of nitrogens with zero attached hydrogens (tertiary/aromatic N) is 1. The number of hydrogen-bond donors (Lipinski definition) is 1. The zero-order chi connectivity index (χ0) is 19.7. The largest absolute Gasteiger partial charge is 0.503 e. The van der Waals surface area contributed by atoms with Crippen LogP contribution in [0, 0.1) is 3.57 Å². The SMILES string of the molecule is COc1cc(/C=C2\SC(=O)N(Cc3ccc(I)cc3)C2=O)c(Br)c(Br)c1O. The third-order valence-electron chi connectivity index (χ3n) is 3.81. The van der Waals surface area contributed by atoms with E-state index in [9.17, 15) is 14.7 Å². The first-order valence-corrected chi connectivity index (χ1v) is 11.0. The van der Waals surface area contributed by atoms with Crippen molar-refractivity contribution < 1.29 is 19.4 Å². The van der Waals surface area contributed by atoms with E-state index in [-0.39, 0.29) is 29.2 Å². The van der Waals surface area contributed by atoms with Crippen LogP contribution in [-0.4, -0.2) is 28.3 Å². The summed E-state index contributed by atoms with van der Waals surface area (Å²) in [6.07, 6.45) is 1.61. The number of methoxy groups -OCH3 is 1. The highest BCUT2D eigenvalue weighted by Gasteiger charge is 2.35. The van der Waals surface area contributed by atoms with Gasteiger partial charge in [-0.25, -0.2) is 0 Å². The molecule has 0 spiro atoms. The van der Waals surface area contributed by atoms with E-state index in [1.165, 1.54) is 12.0 Å². The monoisotopic (exact) mass is 623 g/mol. The molecule has 0 saturated carbocycles. The first kappa shape index (κ1) is 20.7. The lowest BCUT2D eigenvalue weighted by Crippen LogP contribution is -2.27. The lowest BCUT2D eigenvalue weighted by molar-refractivity contribution is -0.123. The van der Waals surface area contributed by atoms with Crippen molar-refractivity contribution in [1.82, 2.24) is 4.90 Å². The van der Waals surface area contributed by atoms with Gasteiger partial charge in [-0.05, 0) is 102 Å². The number of amides is 2. The molecular weight excluding hydrogens is 613 g/mol. The van der Waals surface area contributed by atoms with Crippen molar-refractivity contribution in [3.05, 3.63) is 58.9 Å². The van der Waals surface area contributed by atoms with Crippen LogP contribution >= 0.6 is 66.2 Å². The molecule has 0 atom stereocenters. The fraction of sp³-hybridized carbons (Fsp3) is 0.111. The van der Waals surface area contributed by atoms with E-state index in [0.717, 1.165) is 20.9 Å². The molecule has 1 aliphatic heterocycles. The minimum absolute atomic E-state index is 0.0478. The molecule has 0 radical (unpaired) electrons. The molecule has 2 aromatic rings. The lowest BCUT2D eigenvalue weighted by atomic mass is 10.1. The summed E-state index contributed by atoms with van der Waals surface area (Å²) in [5, 5.41) is 9.71. The smallest absolute Gasteiger partial charge is 0.293 e. The topological polar surface area (TPSA) is 66.8 Å². The Bertz CT molecular complexity index is 963. The van der Waals surface area contributed by atoms with Gasteiger partial charge >= 0.3 is 0 Å². The van der Waals surface area contributed by atoms with E-state index >= 15 is 0 Å². The minimum Gasteiger partial charge on any atom is -0.503 e. The molecule has 140 valence electrons. The average Bonchev–Trinajstić information content (AvgIpc) is 2.91. The van der Waals surface area contributed by atoms with Crippen LogP contribution in [0.1, 0.15) is 11.1 Å². The molecule has 2 aromatic carbocycles. The number of thioether (sulfide) groups is 1. The maximum absolute atomic E-state index is 12.7. The molecule has 0 aliphatic carbocycles. The second-order valence-corrected chi connectivity index (χ2v) is 9.36. The molecular formula is C18H12Br2INO4S. The van der Waals surface area contributed by atoms with Crippen molar-refractivity contribution in [3.63, 3.8) is 0 Å². The van der Waals surface area contributed by atoms with E-state index in [1.807, 2.05) is 24.3 Å². The molecule has 0 bridgehead atoms. The molecule has 2 amide bonds. The zero-order valence-electron chi connectivity index (χ0n) is 13.8. The maximum atomic E-state index is 12.7. The number of phenolic OH excluding ortho intramolecular Hbond substituents is 1. The summed E-state index contributed by atoms with van der Waals surface area (Å²) < 4.78 is 7.20. The van der Waals surface area contributed by atoms with Crippen LogP contribution in [0.2, 0.25) is 0 Å². The zero-order valence-corrected chi connectivity index (χ0v) is 20.0. The molecule has 1 fully saturated rings. The molecule has 1 N–H and O–H groups in total. The Morgan fingerprint density at radius 3 is 2.52 bits per heavy atom. The van der Waals surface area contributed by atoms with Gasteiger partial charge in [-0.3, -0.25) is 14.5 Å². The van der Waals surface area contributed by atoms with E-state index in [4.69, 9.17) is 4.74 Å². The Labute approximate surface area is 190 Å². The van der Waals surface area contributed by atoms with Gasteiger partial charge < -0.3 is 9.84 Å². The van der Waals surface area contributed by atoms with Crippen LogP contribution in [0.25, 0.3) is 6.08 Å². The first-order valence-electron chi connectivity index (χ1n) is 7.56. The van der Waals surface area contributed by atoms with Gasteiger partial charge in [0.15, 0.2) is 11.5 Å². The Morgan fingerprint density at radius 1 is 1.22 bits per heavy atom. The first-order chi connectivity index (χ1) is 12.8. The Balaban J connectivity index is 1.90. The molecule has 3 rings (SSSR count). The third-order valence-corrected chi connectivity index (χ3v) is 7.59. The maximum Gasteiger partial charge on any atom is 0.293 e. The highest BCUT2D eigenvalue weighted by atomic mass is 127. The van der Waals surface area contributed by atoms with E-state index in [2.05, 4.69) is 54.5 Å². The average molecular weight is 625 g/mol. The molecule has 5 nitrogen and oxygen atoms in total. The number of phenols is 1. The molecule has 1 aliphatic rings. The molecule has 9 heteroatoms. The fourth-order valence-corrected chi connectivity index (χ4v) is 4.45. The van der Waals surface area contributed by atoms with E-state index in [0.29, 0.717) is 19.4 Å². The van der Waals surface area contributed by atoms with Crippen molar-refractivity contribution in [3.8, 4) is 11.5 Å². The van der Waals surface area contributed by atoms with Crippen molar-refractivity contribution >= 4 is 83.4 Å². The number of ether oxygens (including phenoxy) is 1. The number of imide groups is 1. The van der Waals surface area contributed by atoms with Gasteiger partial charge in [0.25, 0.3) is 11.1 Å². The van der Waals surface area contributed by atoms with E-state index < -0.39 is 0 Å². The second kappa shape index (κ2) is 8.54. The summed E-state index contributed by atoms with van der Waals surface area (Å²) in [5.41, 5.74) is 1.49.